The number of aromatic nitrogens is 2. The molecule has 7 heteroatoms. The van der Waals surface area contributed by atoms with Crippen LogP contribution in [-0.4, -0.2) is 38.0 Å². The number of rotatable bonds is 9. The number of benzene rings is 1. The molecule has 2 aromatic rings. The van der Waals surface area contributed by atoms with Crippen molar-refractivity contribution in [2.75, 3.05) is 19.8 Å². The third-order valence-corrected chi connectivity index (χ3v) is 6.16. The highest BCUT2D eigenvalue weighted by atomic mass is 32.2. The second-order valence-electron chi connectivity index (χ2n) is 6.57. The first-order valence-electron chi connectivity index (χ1n) is 9.34. The van der Waals surface area contributed by atoms with E-state index in [0.717, 1.165) is 18.4 Å². The second kappa shape index (κ2) is 8.79. The minimum absolute atomic E-state index is 0.256. The molecule has 6 nitrogen and oxygen atoms in total. The summed E-state index contributed by atoms with van der Waals surface area (Å²) in [4.78, 5) is 0.256. The van der Waals surface area contributed by atoms with Gasteiger partial charge in [-0.2, -0.15) is 5.10 Å². The molecule has 1 aliphatic rings. The van der Waals surface area contributed by atoms with E-state index in [4.69, 9.17) is 4.74 Å². The van der Waals surface area contributed by atoms with Crippen LogP contribution in [-0.2, 0) is 14.8 Å². The fraction of sp³-hybridized carbons (Fsp3) is 0.526. The summed E-state index contributed by atoms with van der Waals surface area (Å²) in [5.41, 5.74) is 1.34. The van der Waals surface area contributed by atoms with Crippen LogP contribution in [0.1, 0.15) is 45.1 Å². The van der Waals surface area contributed by atoms with Crippen LogP contribution in [0, 0.1) is 0 Å². The maximum atomic E-state index is 12.9. The van der Waals surface area contributed by atoms with Gasteiger partial charge >= 0.3 is 0 Å². The average molecular weight is 378 g/mol. The molecule has 26 heavy (non-hydrogen) atoms. The van der Waals surface area contributed by atoms with Crippen LogP contribution >= 0.6 is 0 Å². The topological polar surface area (TPSA) is 73.2 Å². The van der Waals surface area contributed by atoms with Gasteiger partial charge in [-0.25, -0.2) is 13.1 Å². The first kappa shape index (κ1) is 19.1. The molecule has 1 aromatic heterocycles. The molecule has 1 N–H and O–H groups in total. The predicted molar refractivity (Wildman–Crippen MR) is 101 cm³/mol. The summed E-state index contributed by atoms with van der Waals surface area (Å²) < 4.78 is 35.6. The molecule has 0 saturated heterocycles. The third kappa shape index (κ3) is 4.52. The van der Waals surface area contributed by atoms with Crippen molar-refractivity contribution in [2.24, 2.45) is 0 Å². The second-order valence-corrected chi connectivity index (χ2v) is 8.31. The Morgan fingerprint density at radius 2 is 1.96 bits per heavy atom. The normalized spacial score (nSPS) is 15.6. The van der Waals surface area contributed by atoms with Crippen molar-refractivity contribution in [1.82, 2.24) is 14.5 Å². The quantitative estimate of drug-likeness (QED) is 0.680. The highest BCUT2D eigenvalue weighted by Crippen LogP contribution is 2.33. The Morgan fingerprint density at radius 3 is 2.65 bits per heavy atom. The van der Waals surface area contributed by atoms with E-state index in [1.165, 1.54) is 12.8 Å². The number of ether oxygens (including phenoxy) is 1. The van der Waals surface area contributed by atoms with E-state index < -0.39 is 10.0 Å². The van der Waals surface area contributed by atoms with E-state index in [9.17, 15) is 8.42 Å². The van der Waals surface area contributed by atoms with Crippen molar-refractivity contribution in [2.45, 2.75) is 50.0 Å². The van der Waals surface area contributed by atoms with E-state index >= 15 is 0 Å². The summed E-state index contributed by atoms with van der Waals surface area (Å²) in [5, 5.41) is 4.66. The zero-order valence-electron chi connectivity index (χ0n) is 15.2. The first-order valence-corrected chi connectivity index (χ1v) is 10.8. The van der Waals surface area contributed by atoms with Gasteiger partial charge in [0.25, 0.3) is 0 Å². The number of sulfonamides is 1. The van der Waals surface area contributed by atoms with Gasteiger partial charge in [-0.05, 0) is 26.2 Å². The summed E-state index contributed by atoms with van der Waals surface area (Å²) in [7, 11) is -3.62. The molecule has 1 saturated carbocycles. The number of nitrogens with zero attached hydrogens (tertiary/aromatic N) is 2. The van der Waals surface area contributed by atoms with Crippen molar-refractivity contribution < 1.29 is 13.2 Å². The molecular weight excluding hydrogens is 350 g/mol. The number of hydrogen-bond acceptors (Lipinski definition) is 4. The highest BCUT2D eigenvalue weighted by Gasteiger charge is 2.26. The zero-order valence-corrected chi connectivity index (χ0v) is 16.0. The van der Waals surface area contributed by atoms with Crippen LogP contribution in [0.15, 0.2) is 41.4 Å². The molecule has 1 aromatic carbocycles. The fourth-order valence-electron chi connectivity index (χ4n) is 3.33. The van der Waals surface area contributed by atoms with Crippen LogP contribution in [0.2, 0.25) is 0 Å². The van der Waals surface area contributed by atoms with Crippen LogP contribution in [0.3, 0.4) is 0 Å². The minimum Gasteiger partial charge on any atom is -0.382 e. The van der Waals surface area contributed by atoms with Crippen LogP contribution in [0.25, 0.3) is 11.3 Å². The molecule has 142 valence electrons. The lowest BCUT2D eigenvalue weighted by atomic mass is 10.2. The lowest BCUT2D eigenvalue weighted by Crippen LogP contribution is -2.25. The molecular formula is C19H27N3O3S. The van der Waals surface area contributed by atoms with E-state index in [0.29, 0.717) is 37.9 Å². The lowest BCUT2D eigenvalue weighted by molar-refractivity contribution is 0.146. The van der Waals surface area contributed by atoms with Crippen LogP contribution < -0.4 is 4.72 Å². The molecule has 0 unspecified atom stereocenters. The van der Waals surface area contributed by atoms with Crippen molar-refractivity contribution in [1.29, 1.82) is 0 Å². The van der Waals surface area contributed by atoms with Gasteiger partial charge < -0.3 is 4.74 Å². The molecule has 0 radical (unpaired) electrons. The van der Waals surface area contributed by atoms with Gasteiger partial charge in [-0.1, -0.05) is 43.2 Å². The standard InChI is InChI=1S/C19H27N3O3S/c1-2-25-14-8-13-20-26(23,24)18-15-22(17-11-6-7-12-17)21-19(18)16-9-4-3-5-10-16/h3-5,9-10,15,17,20H,2,6-8,11-14H2,1H3. The molecule has 1 fully saturated rings. The summed E-state index contributed by atoms with van der Waals surface area (Å²) in [6.45, 7) is 3.46. The molecule has 0 spiro atoms. The molecule has 0 atom stereocenters. The SMILES string of the molecule is CCOCCCNS(=O)(=O)c1cn(C2CCCC2)nc1-c1ccccc1. The number of nitrogens with one attached hydrogen (secondary N) is 1. The van der Waals surface area contributed by atoms with E-state index in [1.54, 1.807) is 6.20 Å². The maximum Gasteiger partial charge on any atom is 0.244 e. The largest absolute Gasteiger partial charge is 0.382 e. The Kier molecular flexibility index (Phi) is 6.45. The Balaban J connectivity index is 1.86. The Hall–Kier alpha value is -1.70. The third-order valence-electron chi connectivity index (χ3n) is 4.70. The van der Waals surface area contributed by atoms with Crippen molar-refractivity contribution >= 4 is 10.0 Å². The molecule has 0 bridgehead atoms. The van der Waals surface area contributed by atoms with Gasteiger partial charge in [0.1, 0.15) is 10.6 Å². The van der Waals surface area contributed by atoms with Gasteiger partial charge in [-0.3, -0.25) is 4.68 Å². The van der Waals surface area contributed by atoms with E-state index in [2.05, 4.69) is 9.82 Å². The highest BCUT2D eigenvalue weighted by molar-refractivity contribution is 7.89. The molecule has 0 aliphatic heterocycles. The minimum atomic E-state index is -3.62. The number of hydrogen-bond donors (Lipinski definition) is 1. The summed E-state index contributed by atoms with van der Waals surface area (Å²) in [5.74, 6) is 0. The van der Waals surface area contributed by atoms with Gasteiger partial charge in [0.05, 0.1) is 6.04 Å². The van der Waals surface area contributed by atoms with Crippen LogP contribution in [0.4, 0.5) is 0 Å². The Labute approximate surface area is 155 Å². The Bertz CT molecular complexity index is 797. The van der Waals surface area contributed by atoms with Crippen molar-refractivity contribution in [3.63, 3.8) is 0 Å². The predicted octanol–water partition coefficient (Wildman–Crippen LogP) is 3.37. The summed E-state index contributed by atoms with van der Waals surface area (Å²) in [6.07, 6.45) is 6.79. The molecule has 1 heterocycles. The molecule has 0 amide bonds. The summed E-state index contributed by atoms with van der Waals surface area (Å²) >= 11 is 0. The van der Waals surface area contributed by atoms with Gasteiger partial charge in [0, 0.05) is 31.5 Å². The lowest BCUT2D eigenvalue weighted by Gasteiger charge is -2.08. The monoisotopic (exact) mass is 377 g/mol. The Morgan fingerprint density at radius 1 is 1.23 bits per heavy atom. The smallest absolute Gasteiger partial charge is 0.244 e. The van der Waals surface area contributed by atoms with E-state index in [-0.39, 0.29) is 4.90 Å². The molecule has 3 rings (SSSR count). The van der Waals surface area contributed by atoms with Crippen molar-refractivity contribution in [3.8, 4) is 11.3 Å². The first-order chi connectivity index (χ1) is 12.6. The molecule has 1 aliphatic carbocycles. The van der Waals surface area contributed by atoms with Gasteiger partial charge in [0.15, 0.2) is 0 Å². The van der Waals surface area contributed by atoms with Gasteiger partial charge in [-0.15, -0.1) is 0 Å². The van der Waals surface area contributed by atoms with E-state index in [1.807, 2.05) is 41.9 Å². The fourth-order valence-corrected chi connectivity index (χ4v) is 4.55. The average Bonchev–Trinajstić information content (AvgIpc) is 3.32. The van der Waals surface area contributed by atoms with Crippen LogP contribution in [0.5, 0.6) is 0 Å². The summed E-state index contributed by atoms with van der Waals surface area (Å²) in [6, 6.07) is 9.80. The van der Waals surface area contributed by atoms with Gasteiger partial charge in [0.2, 0.25) is 10.0 Å². The zero-order chi connectivity index (χ0) is 18.4. The maximum absolute atomic E-state index is 12.9. The van der Waals surface area contributed by atoms with Crippen molar-refractivity contribution in [3.05, 3.63) is 36.5 Å².